The molecule has 1 aromatic carbocycles. The van der Waals surface area contributed by atoms with Gasteiger partial charge in [-0.2, -0.15) is 5.26 Å². The van der Waals surface area contributed by atoms with Crippen LogP contribution in [0.15, 0.2) is 36.9 Å². The summed E-state index contributed by atoms with van der Waals surface area (Å²) in [5.74, 6) is 0.459. The third-order valence-electron chi connectivity index (χ3n) is 3.52. The van der Waals surface area contributed by atoms with Crippen LogP contribution in [0.1, 0.15) is 5.69 Å². The highest BCUT2D eigenvalue weighted by Crippen LogP contribution is 2.31. The average Bonchev–Trinajstić information content (AvgIpc) is 3.06. The van der Waals surface area contributed by atoms with Crippen molar-refractivity contribution in [2.45, 2.75) is 0 Å². The highest BCUT2D eigenvalue weighted by Gasteiger charge is 2.16. The third kappa shape index (κ3) is 2.78. The smallest absolute Gasteiger partial charge is 0.183 e. The second-order valence-electron chi connectivity index (χ2n) is 5.13. The number of nitrogens with zero attached hydrogens (tertiary/aromatic N) is 6. The number of aromatic amines is 1. The monoisotopic (exact) mass is 366 g/mol. The molecule has 10 heteroatoms. The molecule has 4 aromatic rings. The molecule has 4 rings (SSSR count). The van der Waals surface area contributed by atoms with E-state index in [4.69, 9.17) is 16.9 Å². The van der Waals surface area contributed by atoms with E-state index in [0.717, 1.165) is 0 Å². The summed E-state index contributed by atoms with van der Waals surface area (Å²) in [7, 11) is 0. The van der Waals surface area contributed by atoms with E-state index in [9.17, 15) is 4.39 Å². The maximum absolute atomic E-state index is 14.2. The van der Waals surface area contributed by atoms with E-state index in [0.29, 0.717) is 22.8 Å². The average molecular weight is 367 g/mol. The first-order valence-electron chi connectivity index (χ1n) is 7.30. The van der Waals surface area contributed by atoms with Crippen molar-refractivity contribution in [3.63, 3.8) is 0 Å². The molecular weight excluding hydrogens is 359 g/mol. The Labute approximate surface area is 150 Å². The zero-order chi connectivity index (χ0) is 18.1. The normalized spacial score (nSPS) is 10.7. The molecule has 3 aromatic heterocycles. The fourth-order valence-electron chi connectivity index (χ4n) is 2.37. The van der Waals surface area contributed by atoms with Crippen LogP contribution >= 0.6 is 11.6 Å². The number of hydrogen-bond donors (Lipinski definition) is 2. The molecule has 0 aliphatic carbocycles. The van der Waals surface area contributed by atoms with E-state index in [-0.39, 0.29) is 22.1 Å². The van der Waals surface area contributed by atoms with Crippen LogP contribution in [0, 0.1) is 17.1 Å². The Hall–Kier alpha value is -3.64. The van der Waals surface area contributed by atoms with Gasteiger partial charge in [-0.05, 0) is 12.1 Å². The Morgan fingerprint density at radius 1 is 1.15 bits per heavy atom. The fraction of sp³-hybridized carbons (Fsp3) is 0. The summed E-state index contributed by atoms with van der Waals surface area (Å²) in [4.78, 5) is 23.3. The quantitative estimate of drug-likeness (QED) is 0.571. The maximum Gasteiger partial charge on any atom is 0.183 e. The molecule has 3 heterocycles. The number of H-pyrrole nitrogens is 1. The number of nitriles is 1. The molecule has 0 spiro atoms. The molecule has 126 valence electrons. The lowest BCUT2D eigenvalue weighted by molar-refractivity contribution is 0.630. The number of fused-ring (bicyclic) bond motifs is 1. The van der Waals surface area contributed by atoms with Crippen molar-refractivity contribution in [3.05, 3.63) is 53.5 Å². The van der Waals surface area contributed by atoms with Gasteiger partial charge in [0.05, 0.1) is 10.6 Å². The minimum Gasteiger partial charge on any atom is -0.333 e. The molecular formula is C16H8ClFN8. The van der Waals surface area contributed by atoms with Crippen LogP contribution in [-0.2, 0) is 0 Å². The van der Waals surface area contributed by atoms with Crippen molar-refractivity contribution in [2.24, 2.45) is 0 Å². The molecule has 0 aliphatic heterocycles. The SMILES string of the molecule is N#Cc1cc(Nc2ncnc3nc(-c4c(F)cccc4Cl)[nH]c23)ncn1. The Bertz CT molecular complexity index is 1150. The van der Waals surface area contributed by atoms with Crippen LogP contribution in [0.3, 0.4) is 0 Å². The molecule has 0 amide bonds. The zero-order valence-corrected chi connectivity index (χ0v) is 13.7. The van der Waals surface area contributed by atoms with Crippen LogP contribution in [-0.4, -0.2) is 29.9 Å². The Morgan fingerprint density at radius 3 is 2.81 bits per heavy atom. The molecule has 0 aliphatic rings. The van der Waals surface area contributed by atoms with Gasteiger partial charge < -0.3 is 10.3 Å². The van der Waals surface area contributed by atoms with Gasteiger partial charge in [0, 0.05) is 6.07 Å². The first-order chi connectivity index (χ1) is 12.7. The van der Waals surface area contributed by atoms with Crippen molar-refractivity contribution in [3.8, 4) is 17.5 Å². The number of anilines is 2. The Kier molecular flexibility index (Phi) is 3.87. The Balaban J connectivity index is 1.80. The number of nitrogens with one attached hydrogen (secondary N) is 2. The summed E-state index contributed by atoms with van der Waals surface area (Å²) in [6.07, 6.45) is 2.57. The van der Waals surface area contributed by atoms with Gasteiger partial charge in [-0.25, -0.2) is 29.3 Å². The lowest BCUT2D eigenvalue weighted by Crippen LogP contribution is -1.99. The lowest BCUT2D eigenvalue weighted by atomic mass is 10.2. The van der Waals surface area contributed by atoms with Crippen LogP contribution in [0.4, 0.5) is 16.0 Å². The van der Waals surface area contributed by atoms with Gasteiger partial charge in [0.1, 0.15) is 47.4 Å². The summed E-state index contributed by atoms with van der Waals surface area (Å²) >= 11 is 6.10. The van der Waals surface area contributed by atoms with Crippen molar-refractivity contribution in [1.82, 2.24) is 29.9 Å². The zero-order valence-electron chi connectivity index (χ0n) is 12.9. The fourth-order valence-corrected chi connectivity index (χ4v) is 2.63. The number of halogens is 2. The van der Waals surface area contributed by atoms with Crippen LogP contribution < -0.4 is 5.32 Å². The molecule has 0 unspecified atom stereocenters. The second kappa shape index (κ2) is 6.34. The lowest BCUT2D eigenvalue weighted by Gasteiger charge is -2.04. The van der Waals surface area contributed by atoms with E-state index >= 15 is 0 Å². The largest absolute Gasteiger partial charge is 0.333 e. The number of aromatic nitrogens is 6. The van der Waals surface area contributed by atoms with Gasteiger partial charge in [-0.3, -0.25) is 0 Å². The maximum atomic E-state index is 14.2. The van der Waals surface area contributed by atoms with Crippen molar-refractivity contribution in [2.75, 3.05) is 5.32 Å². The minimum absolute atomic E-state index is 0.145. The summed E-state index contributed by atoms with van der Waals surface area (Å²) in [5.41, 5.74) is 1.12. The van der Waals surface area contributed by atoms with E-state index in [1.807, 2.05) is 6.07 Å². The van der Waals surface area contributed by atoms with E-state index in [1.54, 1.807) is 6.07 Å². The van der Waals surface area contributed by atoms with Crippen molar-refractivity contribution in [1.29, 1.82) is 5.26 Å². The highest BCUT2D eigenvalue weighted by atomic mass is 35.5. The molecule has 0 bridgehead atoms. The van der Waals surface area contributed by atoms with Crippen LogP contribution in [0.2, 0.25) is 5.02 Å². The van der Waals surface area contributed by atoms with Gasteiger partial charge >= 0.3 is 0 Å². The van der Waals surface area contributed by atoms with E-state index in [1.165, 1.54) is 30.9 Å². The van der Waals surface area contributed by atoms with Crippen LogP contribution in [0.5, 0.6) is 0 Å². The Morgan fingerprint density at radius 2 is 2.00 bits per heavy atom. The third-order valence-corrected chi connectivity index (χ3v) is 3.83. The van der Waals surface area contributed by atoms with Gasteiger partial charge in [0.25, 0.3) is 0 Å². The van der Waals surface area contributed by atoms with Gasteiger partial charge in [0.15, 0.2) is 11.5 Å². The molecule has 0 saturated heterocycles. The second-order valence-corrected chi connectivity index (χ2v) is 5.54. The van der Waals surface area contributed by atoms with E-state index in [2.05, 4.69) is 35.2 Å². The molecule has 8 nitrogen and oxygen atoms in total. The number of hydrogen-bond acceptors (Lipinski definition) is 7. The predicted octanol–water partition coefficient (Wildman–Crippen LogP) is 3.22. The summed E-state index contributed by atoms with van der Waals surface area (Å²) in [5, 5.41) is 12.1. The minimum atomic E-state index is -0.506. The molecule has 26 heavy (non-hydrogen) atoms. The summed E-state index contributed by atoms with van der Waals surface area (Å²) in [6, 6.07) is 7.78. The molecule has 0 radical (unpaired) electrons. The van der Waals surface area contributed by atoms with Crippen molar-refractivity contribution >= 4 is 34.4 Å². The summed E-state index contributed by atoms with van der Waals surface area (Å²) in [6.45, 7) is 0. The number of imidazole rings is 1. The standard InChI is InChI=1S/C16H8ClFN8/c17-9-2-1-3-10(18)12(9)14-25-13-15(22-7-23-16(13)26-14)24-11-4-8(5-19)20-6-21-11/h1-4,6-7H,(H2,20,21,22,23,24,25,26). The van der Waals surface area contributed by atoms with Crippen molar-refractivity contribution < 1.29 is 4.39 Å². The first kappa shape index (κ1) is 15.9. The first-order valence-corrected chi connectivity index (χ1v) is 7.68. The van der Waals surface area contributed by atoms with Gasteiger partial charge in [-0.15, -0.1) is 0 Å². The van der Waals surface area contributed by atoms with Gasteiger partial charge in [-0.1, -0.05) is 17.7 Å². The van der Waals surface area contributed by atoms with Gasteiger partial charge in [0.2, 0.25) is 0 Å². The predicted molar refractivity (Wildman–Crippen MR) is 92.1 cm³/mol. The molecule has 0 atom stereocenters. The van der Waals surface area contributed by atoms with E-state index < -0.39 is 5.82 Å². The summed E-state index contributed by atoms with van der Waals surface area (Å²) < 4.78 is 14.2. The topological polar surface area (TPSA) is 116 Å². The number of benzene rings is 1. The van der Waals surface area contributed by atoms with Crippen LogP contribution in [0.25, 0.3) is 22.6 Å². The molecule has 0 saturated carbocycles. The highest BCUT2D eigenvalue weighted by molar-refractivity contribution is 6.33. The molecule has 0 fully saturated rings. The number of rotatable bonds is 3. The molecule has 2 N–H and O–H groups in total.